The van der Waals surface area contributed by atoms with E-state index in [1.807, 2.05) is 13.8 Å². The lowest BCUT2D eigenvalue weighted by Crippen LogP contribution is -2.36. The van der Waals surface area contributed by atoms with Crippen LogP contribution in [0.4, 0.5) is 4.39 Å². The van der Waals surface area contributed by atoms with Crippen molar-refractivity contribution in [2.24, 2.45) is 0 Å². The highest BCUT2D eigenvalue weighted by Gasteiger charge is 2.21. The molecule has 0 fully saturated rings. The van der Waals surface area contributed by atoms with E-state index in [1.165, 1.54) is 55.6 Å². The van der Waals surface area contributed by atoms with E-state index in [-0.39, 0.29) is 34.7 Å². The molecule has 168 valence electrons. The van der Waals surface area contributed by atoms with Crippen LogP contribution in [0.25, 0.3) is 0 Å². The number of amides is 1. The molecule has 8 heteroatoms. The molecule has 0 N–H and O–H groups in total. The molecule has 0 aliphatic heterocycles. The van der Waals surface area contributed by atoms with Crippen molar-refractivity contribution >= 4 is 16.0 Å². The van der Waals surface area contributed by atoms with E-state index in [2.05, 4.69) is 0 Å². The van der Waals surface area contributed by atoms with Crippen molar-refractivity contribution in [3.63, 3.8) is 0 Å². The predicted molar refractivity (Wildman–Crippen MR) is 119 cm³/mol. The first-order valence-corrected chi connectivity index (χ1v) is 11.3. The van der Waals surface area contributed by atoms with E-state index in [0.29, 0.717) is 11.3 Å². The minimum absolute atomic E-state index is 0.00575. The van der Waals surface area contributed by atoms with Crippen molar-refractivity contribution in [3.05, 3.63) is 89.7 Å². The van der Waals surface area contributed by atoms with Gasteiger partial charge in [0, 0.05) is 18.2 Å². The lowest BCUT2D eigenvalue weighted by atomic mass is 10.1. The van der Waals surface area contributed by atoms with E-state index >= 15 is 0 Å². The standard InChI is InChI=1S/C24H24FNO5S/c1-17(2)26(24(27)19-7-5-8-20(25)15-19)16-18-6-4-9-22(14-18)31-32(28,29)23-12-10-21(30-3)11-13-23/h4-15,17H,16H2,1-3H3. The topological polar surface area (TPSA) is 72.9 Å². The number of nitrogens with zero attached hydrogens (tertiary/aromatic N) is 1. The lowest BCUT2D eigenvalue weighted by Gasteiger charge is -2.27. The molecule has 0 saturated carbocycles. The fourth-order valence-electron chi connectivity index (χ4n) is 3.09. The smallest absolute Gasteiger partial charge is 0.339 e. The predicted octanol–water partition coefficient (Wildman–Crippen LogP) is 4.65. The molecular formula is C24H24FNO5S. The van der Waals surface area contributed by atoms with Crippen LogP contribution in [0.2, 0.25) is 0 Å². The number of carbonyl (C=O) groups is 1. The Morgan fingerprint density at radius 3 is 2.28 bits per heavy atom. The average molecular weight is 458 g/mol. The second-order valence-electron chi connectivity index (χ2n) is 7.40. The molecule has 0 atom stereocenters. The van der Waals surface area contributed by atoms with Crippen LogP contribution in [0.15, 0.2) is 77.7 Å². The van der Waals surface area contributed by atoms with Gasteiger partial charge < -0.3 is 13.8 Å². The summed E-state index contributed by atoms with van der Waals surface area (Å²) in [4.78, 5) is 14.5. The highest BCUT2D eigenvalue weighted by atomic mass is 32.2. The van der Waals surface area contributed by atoms with Crippen molar-refractivity contribution < 1.29 is 26.5 Å². The second kappa shape index (κ2) is 9.82. The van der Waals surface area contributed by atoms with Crippen LogP contribution in [0, 0.1) is 5.82 Å². The maximum absolute atomic E-state index is 13.6. The van der Waals surface area contributed by atoms with E-state index in [0.717, 1.165) is 0 Å². The molecule has 0 spiro atoms. The maximum atomic E-state index is 13.6. The number of halogens is 1. The highest BCUT2D eigenvalue weighted by molar-refractivity contribution is 7.87. The number of hydrogen-bond acceptors (Lipinski definition) is 5. The van der Waals surface area contributed by atoms with Gasteiger partial charge in [0.1, 0.15) is 22.2 Å². The molecule has 0 heterocycles. The number of carbonyl (C=O) groups excluding carboxylic acids is 1. The zero-order valence-electron chi connectivity index (χ0n) is 18.0. The Labute approximate surface area is 187 Å². The van der Waals surface area contributed by atoms with Gasteiger partial charge in [-0.05, 0) is 74.0 Å². The van der Waals surface area contributed by atoms with Crippen LogP contribution >= 0.6 is 0 Å². The summed E-state index contributed by atoms with van der Waals surface area (Å²) in [6.07, 6.45) is 0. The third-order valence-electron chi connectivity index (χ3n) is 4.76. The van der Waals surface area contributed by atoms with Crippen LogP contribution in [-0.4, -0.2) is 32.4 Å². The number of benzene rings is 3. The van der Waals surface area contributed by atoms with Gasteiger partial charge in [-0.2, -0.15) is 8.42 Å². The van der Waals surface area contributed by atoms with Crippen molar-refractivity contribution in [1.29, 1.82) is 0 Å². The molecule has 0 aromatic heterocycles. The lowest BCUT2D eigenvalue weighted by molar-refractivity contribution is 0.0689. The Morgan fingerprint density at radius 1 is 0.969 bits per heavy atom. The molecule has 6 nitrogen and oxygen atoms in total. The van der Waals surface area contributed by atoms with Crippen LogP contribution in [0.3, 0.4) is 0 Å². The van der Waals surface area contributed by atoms with E-state index in [9.17, 15) is 17.6 Å². The summed E-state index contributed by atoms with van der Waals surface area (Å²) < 4.78 is 49.1. The number of ether oxygens (including phenoxy) is 1. The fraction of sp³-hybridized carbons (Fsp3) is 0.208. The van der Waals surface area contributed by atoms with Crippen molar-refractivity contribution in [2.45, 2.75) is 31.3 Å². The van der Waals surface area contributed by atoms with E-state index in [4.69, 9.17) is 8.92 Å². The first-order chi connectivity index (χ1) is 15.2. The first kappa shape index (κ1) is 23.3. The van der Waals surface area contributed by atoms with Gasteiger partial charge in [0.2, 0.25) is 0 Å². The average Bonchev–Trinajstić information content (AvgIpc) is 2.77. The molecule has 1 amide bonds. The minimum atomic E-state index is -4.04. The number of methoxy groups -OCH3 is 1. The van der Waals surface area contributed by atoms with Crippen molar-refractivity contribution in [2.75, 3.05) is 7.11 Å². The SMILES string of the molecule is COc1ccc(S(=O)(=O)Oc2cccc(CN(C(=O)c3cccc(F)c3)C(C)C)c2)cc1. The van der Waals surface area contributed by atoms with Gasteiger partial charge in [0.25, 0.3) is 5.91 Å². The molecule has 3 aromatic carbocycles. The summed E-state index contributed by atoms with van der Waals surface area (Å²) in [7, 11) is -2.55. The van der Waals surface area contributed by atoms with Crippen molar-refractivity contribution in [3.8, 4) is 11.5 Å². The largest absolute Gasteiger partial charge is 0.497 e. The van der Waals surface area contributed by atoms with Gasteiger partial charge in [0.15, 0.2) is 0 Å². The summed E-state index contributed by atoms with van der Waals surface area (Å²) in [5.41, 5.74) is 0.916. The molecule has 0 aliphatic carbocycles. The zero-order valence-corrected chi connectivity index (χ0v) is 18.8. The quantitative estimate of drug-likeness (QED) is 0.460. The van der Waals surface area contributed by atoms with Crippen LogP contribution in [0.5, 0.6) is 11.5 Å². The maximum Gasteiger partial charge on any atom is 0.339 e. The highest BCUT2D eigenvalue weighted by Crippen LogP contribution is 2.23. The number of hydrogen-bond donors (Lipinski definition) is 0. The Balaban J connectivity index is 1.80. The summed E-state index contributed by atoms with van der Waals surface area (Å²) >= 11 is 0. The van der Waals surface area contributed by atoms with Gasteiger partial charge in [-0.15, -0.1) is 0 Å². The molecule has 32 heavy (non-hydrogen) atoms. The summed E-state index contributed by atoms with van der Waals surface area (Å²) in [6, 6.07) is 17.7. The van der Waals surface area contributed by atoms with Gasteiger partial charge in [-0.3, -0.25) is 4.79 Å². The van der Waals surface area contributed by atoms with Gasteiger partial charge in [-0.25, -0.2) is 4.39 Å². The minimum Gasteiger partial charge on any atom is -0.497 e. The molecule has 0 unspecified atom stereocenters. The normalized spacial score (nSPS) is 11.3. The second-order valence-corrected chi connectivity index (χ2v) is 8.94. The van der Waals surface area contributed by atoms with Crippen LogP contribution in [0.1, 0.15) is 29.8 Å². The fourth-order valence-corrected chi connectivity index (χ4v) is 4.01. The van der Waals surface area contributed by atoms with Gasteiger partial charge in [0.05, 0.1) is 7.11 Å². The molecule has 0 bridgehead atoms. The Morgan fingerprint density at radius 2 is 1.66 bits per heavy atom. The van der Waals surface area contributed by atoms with Crippen molar-refractivity contribution in [1.82, 2.24) is 4.90 Å². The third-order valence-corrected chi connectivity index (χ3v) is 6.02. The third kappa shape index (κ3) is 5.64. The number of rotatable bonds is 8. The molecule has 0 aliphatic rings. The summed E-state index contributed by atoms with van der Waals surface area (Å²) in [5, 5.41) is 0. The Kier molecular flexibility index (Phi) is 7.15. The Hall–Kier alpha value is -3.39. The molecule has 0 radical (unpaired) electrons. The van der Waals surface area contributed by atoms with Crippen LogP contribution in [-0.2, 0) is 16.7 Å². The summed E-state index contributed by atoms with van der Waals surface area (Å²) in [6.45, 7) is 3.91. The van der Waals surface area contributed by atoms with Gasteiger partial charge in [-0.1, -0.05) is 18.2 Å². The first-order valence-electron chi connectivity index (χ1n) is 9.93. The monoisotopic (exact) mass is 457 g/mol. The summed E-state index contributed by atoms with van der Waals surface area (Å²) in [5.74, 6) is -0.154. The molecule has 3 aromatic rings. The molecule has 3 rings (SSSR count). The van der Waals surface area contributed by atoms with E-state index < -0.39 is 15.9 Å². The van der Waals surface area contributed by atoms with Gasteiger partial charge >= 0.3 is 10.1 Å². The molecule has 0 saturated heterocycles. The molecular weight excluding hydrogens is 433 g/mol. The van der Waals surface area contributed by atoms with Crippen LogP contribution < -0.4 is 8.92 Å². The van der Waals surface area contributed by atoms with E-state index in [1.54, 1.807) is 29.2 Å². The Bertz CT molecular complexity index is 1190. The zero-order chi connectivity index (χ0) is 23.3.